The number of benzene rings is 2. The molecular formula is C27H38FN5O. The number of aliphatic imine (C=N–C) groups is 1. The van der Waals surface area contributed by atoms with Crippen LogP contribution in [0.5, 0.6) is 0 Å². The summed E-state index contributed by atoms with van der Waals surface area (Å²) in [6, 6.07) is 12.3. The van der Waals surface area contributed by atoms with E-state index < -0.39 is 0 Å². The minimum atomic E-state index is -0.266. The summed E-state index contributed by atoms with van der Waals surface area (Å²) in [6.07, 6.45) is 9.85. The summed E-state index contributed by atoms with van der Waals surface area (Å²) in [5.41, 5.74) is 7.72. The summed E-state index contributed by atoms with van der Waals surface area (Å²) in [5.74, 6) is 0.787. The van der Waals surface area contributed by atoms with Crippen molar-refractivity contribution in [3.05, 3.63) is 71.7 Å². The standard InChI is InChI=1S/C23H27FN4.C3H8.CH3NO/c1-23(2,12-14-27-22-5-3-4-13-26-22)18-6-11-21(17(15-18)16-25)28-20-9-7-19(24)8-10-20;1-3-2;2-1-3/h4,6-11,13,15-16,25,28H,3,5,12,14H2,1-2H3,(H,26,27);3H2,1-2H3;1H,(H2,2,3). The second kappa shape index (κ2) is 15.4. The summed E-state index contributed by atoms with van der Waals surface area (Å²) in [7, 11) is 0. The summed E-state index contributed by atoms with van der Waals surface area (Å²) >= 11 is 0. The third-order valence-corrected chi connectivity index (χ3v) is 5.07. The zero-order valence-corrected chi connectivity index (χ0v) is 20.7. The Bertz CT molecular complexity index is 952. The molecule has 1 aliphatic rings. The first-order chi connectivity index (χ1) is 16.3. The van der Waals surface area contributed by atoms with Gasteiger partial charge >= 0.3 is 0 Å². The van der Waals surface area contributed by atoms with Crippen molar-refractivity contribution in [3.63, 3.8) is 0 Å². The molecule has 0 radical (unpaired) electrons. The fourth-order valence-corrected chi connectivity index (χ4v) is 3.18. The Morgan fingerprint density at radius 1 is 1.21 bits per heavy atom. The summed E-state index contributed by atoms with van der Waals surface area (Å²) in [4.78, 5) is 13.3. The third-order valence-electron chi connectivity index (χ3n) is 5.07. The minimum absolute atomic E-state index is 0.0548. The zero-order valence-electron chi connectivity index (χ0n) is 20.7. The van der Waals surface area contributed by atoms with E-state index in [1.54, 1.807) is 12.1 Å². The van der Waals surface area contributed by atoms with Crippen LogP contribution >= 0.6 is 0 Å². The quantitative estimate of drug-likeness (QED) is 0.294. The molecule has 0 aromatic heterocycles. The van der Waals surface area contributed by atoms with Gasteiger partial charge in [0.15, 0.2) is 0 Å². The van der Waals surface area contributed by atoms with Gasteiger partial charge in [-0.25, -0.2) is 4.39 Å². The van der Waals surface area contributed by atoms with Crippen LogP contribution in [0.1, 0.15) is 64.5 Å². The molecule has 1 heterocycles. The number of carbonyl (C=O) groups is 1. The molecule has 0 fully saturated rings. The van der Waals surface area contributed by atoms with Crippen LogP contribution in [0.25, 0.3) is 0 Å². The van der Waals surface area contributed by atoms with E-state index in [9.17, 15) is 4.39 Å². The first-order valence-electron chi connectivity index (χ1n) is 11.6. The molecule has 7 heteroatoms. The number of hydrogen-bond acceptors (Lipinski definition) is 4. The number of amidine groups is 1. The zero-order chi connectivity index (χ0) is 25.4. The van der Waals surface area contributed by atoms with Crippen molar-refractivity contribution in [3.8, 4) is 0 Å². The van der Waals surface area contributed by atoms with E-state index in [4.69, 9.17) is 10.2 Å². The van der Waals surface area contributed by atoms with Crippen molar-refractivity contribution in [2.45, 2.75) is 58.8 Å². The topological polar surface area (TPSA) is 103 Å². The van der Waals surface area contributed by atoms with Gasteiger partial charge in [0.2, 0.25) is 6.41 Å². The first-order valence-corrected chi connectivity index (χ1v) is 11.6. The molecule has 5 N–H and O–H groups in total. The number of hydrogen-bond donors (Lipinski definition) is 4. The number of amides is 1. The van der Waals surface area contributed by atoms with Gasteiger partial charge in [0, 0.05) is 36.1 Å². The molecule has 3 rings (SSSR count). The first kappa shape index (κ1) is 28.6. The van der Waals surface area contributed by atoms with Crippen LogP contribution in [-0.2, 0) is 10.2 Å². The maximum atomic E-state index is 13.1. The van der Waals surface area contributed by atoms with Crippen molar-refractivity contribution < 1.29 is 9.18 Å². The largest absolute Gasteiger partial charge is 0.372 e. The second-order valence-corrected chi connectivity index (χ2v) is 8.47. The smallest absolute Gasteiger partial charge is 0.204 e. The molecular weight excluding hydrogens is 429 g/mol. The molecule has 2 aromatic rings. The average molecular weight is 468 g/mol. The van der Waals surface area contributed by atoms with Crippen LogP contribution in [0.2, 0.25) is 0 Å². The van der Waals surface area contributed by atoms with Crippen LogP contribution < -0.4 is 16.4 Å². The predicted octanol–water partition coefficient (Wildman–Crippen LogP) is 6.05. The molecule has 0 saturated carbocycles. The highest BCUT2D eigenvalue weighted by Gasteiger charge is 2.21. The molecule has 184 valence electrons. The van der Waals surface area contributed by atoms with E-state index in [-0.39, 0.29) is 17.6 Å². The van der Waals surface area contributed by atoms with Crippen molar-refractivity contribution >= 4 is 29.8 Å². The lowest BCUT2D eigenvalue weighted by Crippen LogP contribution is -2.23. The lowest BCUT2D eigenvalue weighted by molar-refractivity contribution is -0.106. The number of allylic oxidation sites excluding steroid dienone is 1. The Morgan fingerprint density at radius 2 is 1.85 bits per heavy atom. The van der Waals surface area contributed by atoms with E-state index >= 15 is 0 Å². The molecule has 1 amide bonds. The van der Waals surface area contributed by atoms with Crippen LogP contribution in [-0.4, -0.2) is 25.0 Å². The van der Waals surface area contributed by atoms with Gasteiger partial charge in [-0.3, -0.25) is 9.79 Å². The van der Waals surface area contributed by atoms with Crippen molar-refractivity contribution in [1.29, 1.82) is 5.41 Å². The number of primary amides is 1. The van der Waals surface area contributed by atoms with Crippen molar-refractivity contribution in [2.75, 3.05) is 11.9 Å². The van der Waals surface area contributed by atoms with Gasteiger partial charge in [-0.1, -0.05) is 46.3 Å². The highest BCUT2D eigenvalue weighted by molar-refractivity contribution is 5.88. The Labute approximate surface area is 203 Å². The third kappa shape index (κ3) is 9.98. The number of carbonyl (C=O) groups excluding carboxylic acids is 1. The molecule has 0 aliphatic carbocycles. The average Bonchev–Trinajstić information content (AvgIpc) is 2.82. The van der Waals surface area contributed by atoms with Gasteiger partial charge in [0.05, 0.1) is 0 Å². The maximum absolute atomic E-state index is 13.1. The van der Waals surface area contributed by atoms with Crippen molar-refractivity contribution in [2.24, 2.45) is 10.7 Å². The highest BCUT2D eigenvalue weighted by Crippen LogP contribution is 2.31. The molecule has 1 aliphatic heterocycles. The Kier molecular flexibility index (Phi) is 12.9. The Morgan fingerprint density at radius 3 is 2.41 bits per heavy atom. The molecule has 0 bridgehead atoms. The summed E-state index contributed by atoms with van der Waals surface area (Å²) in [6.45, 7) is 9.42. The van der Waals surface area contributed by atoms with Gasteiger partial charge in [-0.15, -0.1) is 0 Å². The number of rotatable bonds is 7. The Balaban J connectivity index is 0.000000872. The Hall–Kier alpha value is -3.48. The molecule has 0 unspecified atom stereocenters. The number of nitrogens with zero attached hydrogens (tertiary/aromatic N) is 1. The van der Waals surface area contributed by atoms with E-state index in [2.05, 4.69) is 61.2 Å². The second-order valence-electron chi connectivity index (χ2n) is 8.47. The molecule has 6 nitrogen and oxygen atoms in total. The summed E-state index contributed by atoms with van der Waals surface area (Å²) in [5, 5.41) is 14.3. The normalized spacial score (nSPS) is 13.5. The summed E-state index contributed by atoms with van der Waals surface area (Å²) < 4.78 is 13.1. The van der Waals surface area contributed by atoms with Gasteiger partial charge in [0.25, 0.3) is 0 Å². The number of halogens is 1. The minimum Gasteiger partial charge on any atom is -0.372 e. The molecule has 34 heavy (non-hydrogen) atoms. The number of nitrogens with one attached hydrogen (secondary N) is 3. The molecule has 0 atom stereocenters. The number of anilines is 2. The van der Waals surface area contributed by atoms with Crippen LogP contribution in [0, 0.1) is 11.2 Å². The monoisotopic (exact) mass is 467 g/mol. The van der Waals surface area contributed by atoms with E-state index in [1.165, 1.54) is 30.3 Å². The SMILES string of the molecule is CC(C)(CCN=C1CCC=CN1)c1ccc(Nc2ccc(F)cc2)c(C=N)c1.CCC.NC=O. The van der Waals surface area contributed by atoms with E-state index in [0.717, 1.165) is 48.6 Å². The fraction of sp³-hybridized carbons (Fsp3) is 0.370. The lowest BCUT2D eigenvalue weighted by atomic mass is 9.81. The van der Waals surface area contributed by atoms with Crippen molar-refractivity contribution in [1.82, 2.24) is 5.32 Å². The molecule has 0 saturated heterocycles. The fourth-order valence-electron chi connectivity index (χ4n) is 3.18. The van der Waals surface area contributed by atoms with E-state index in [1.807, 2.05) is 18.3 Å². The van der Waals surface area contributed by atoms with Crippen LogP contribution in [0.3, 0.4) is 0 Å². The van der Waals surface area contributed by atoms with Gasteiger partial charge in [0.1, 0.15) is 11.7 Å². The van der Waals surface area contributed by atoms with Gasteiger partial charge < -0.3 is 21.8 Å². The van der Waals surface area contributed by atoms with Gasteiger partial charge in [-0.05, 0) is 66.4 Å². The number of nitrogens with two attached hydrogens (primary N) is 1. The predicted molar refractivity (Wildman–Crippen MR) is 142 cm³/mol. The molecule has 0 spiro atoms. The van der Waals surface area contributed by atoms with Crippen LogP contribution in [0.15, 0.2) is 59.7 Å². The maximum Gasteiger partial charge on any atom is 0.204 e. The van der Waals surface area contributed by atoms with Gasteiger partial charge in [-0.2, -0.15) is 0 Å². The van der Waals surface area contributed by atoms with Crippen LogP contribution in [0.4, 0.5) is 15.8 Å². The molecule has 2 aromatic carbocycles. The highest BCUT2D eigenvalue weighted by atomic mass is 19.1. The lowest BCUT2D eigenvalue weighted by Gasteiger charge is -2.26. The van der Waals surface area contributed by atoms with E-state index in [0.29, 0.717) is 0 Å².